The fourth-order valence-corrected chi connectivity index (χ4v) is 3.85. The van der Waals surface area contributed by atoms with Crippen molar-refractivity contribution in [1.82, 2.24) is 4.90 Å². The molecule has 0 saturated carbocycles. The van der Waals surface area contributed by atoms with Gasteiger partial charge >= 0.3 is 6.61 Å². The number of fused-ring (bicyclic) bond motifs is 1. The average molecular weight is 434 g/mol. The van der Waals surface area contributed by atoms with E-state index in [2.05, 4.69) is 10.1 Å². The molecule has 1 heterocycles. The zero-order valence-electron chi connectivity index (χ0n) is 16.0. The van der Waals surface area contributed by atoms with Gasteiger partial charge < -0.3 is 10.1 Å². The van der Waals surface area contributed by atoms with Gasteiger partial charge in [0.1, 0.15) is 5.75 Å². The van der Waals surface area contributed by atoms with Crippen LogP contribution in [0.5, 0.6) is 5.75 Å². The van der Waals surface area contributed by atoms with Crippen LogP contribution in [0.25, 0.3) is 0 Å². The van der Waals surface area contributed by atoms with Gasteiger partial charge in [-0.05, 0) is 42.9 Å². The maximum Gasteiger partial charge on any atom is 0.387 e. The first-order valence-electron chi connectivity index (χ1n) is 9.34. The largest absolute Gasteiger partial charge is 0.433 e. The van der Waals surface area contributed by atoms with Gasteiger partial charge in [-0.1, -0.05) is 24.3 Å². The van der Waals surface area contributed by atoms with E-state index in [1.54, 1.807) is 30.3 Å². The lowest BCUT2D eigenvalue weighted by Gasteiger charge is -2.13. The third-order valence-corrected chi connectivity index (χ3v) is 5.45. The number of carbonyl (C=O) groups excluding carboxylic acids is 3. The maximum atomic E-state index is 12.4. The Hall–Kier alpha value is -2.94. The van der Waals surface area contributed by atoms with Gasteiger partial charge in [-0.25, -0.2) is 0 Å². The van der Waals surface area contributed by atoms with Crippen LogP contribution in [0.3, 0.4) is 0 Å². The topological polar surface area (TPSA) is 75.7 Å². The molecule has 1 aliphatic rings. The molecule has 0 spiro atoms. The van der Waals surface area contributed by atoms with E-state index in [1.807, 2.05) is 0 Å². The van der Waals surface area contributed by atoms with Gasteiger partial charge in [0.05, 0.1) is 22.6 Å². The SMILES string of the molecule is O=C(CSCCCCN1C(=O)c2ccccc2C1=O)Nc1ccccc1OC(F)F. The van der Waals surface area contributed by atoms with Gasteiger partial charge in [0.15, 0.2) is 0 Å². The van der Waals surface area contributed by atoms with Crippen molar-refractivity contribution in [2.45, 2.75) is 19.5 Å². The summed E-state index contributed by atoms with van der Waals surface area (Å²) in [5.41, 5.74) is 1.06. The summed E-state index contributed by atoms with van der Waals surface area (Å²) in [5.74, 6) is -0.154. The number of carbonyl (C=O) groups is 3. The number of thioether (sulfide) groups is 1. The summed E-state index contributed by atoms with van der Waals surface area (Å²) in [6.45, 7) is -2.64. The van der Waals surface area contributed by atoms with Crippen molar-refractivity contribution >= 4 is 35.2 Å². The highest BCUT2D eigenvalue weighted by Crippen LogP contribution is 2.26. The van der Waals surface area contributed by atoms with Crippen LogP contribution in [-0.2, 0) is 4.79 Å². The number of rotatable bonds is 10. The molecule has 2 aromatic rings. The molecule has 0 aliphatic carbocycles. The van der Waals surface area contributed by atoms with Crippen LogP contribution in [0, 0.1) is 0 Å². The van der Waals surface area contributed by atoms with Crippen LogP contribution in [0.2, 0.25) is 0 Å². The molecule has 2 aromatic carbocycles. The number of halogens is 2. The van der Waals surface area contributed by atoms with Crippen molar-refractivity contribution in [3.8, 4) is 5.75 Å². The number of para-hydroxylation sites is 2. The molecule has 0 unspecified atom stereocenters. The highest BCUT2D eigenvalue weighted by atomic mass is 32.2. The zero-order valence-corrected chi connectivity index (χ0v) is 16.8. The molecule has 1 aliphatic heterocycles. The lowest BCUT2D eigenvalue weighted by Crippen LogP contribution is -2.30. The van der Waals surface area contributed by atoms with Crippen LogP contribution in [0.1, 0.15) is 33.6 Å². The predicted octanol–water partition coefficient (Wildman–Crippen LogP) is 4.04. The molecular weight excluding hydrogens is 414 g/mol. The second-order valence-corrected chi connectivity index (χ2v) is 7.60. The first-order valence-corrected chi connectivity index (χ1v) is 10.5. The summed E-state index contributed by atoms with van der Waals surface area (Å²) in [5, 5.41) is 2.56. The number of imide groups is 1. The quantitative estimate of drug-likeness (QED) is 0.451. The van der Waals surface area contributed by atoms with Gasteiger partial charge in [0, 0.05) is 6.54 Å². The fraction of sp³-hybridized carbons (Fsp3) is 0.286. The molecule has 0 atom stereocenters. The van der Waals surface area contributed by atoms with Gasteiger partial charge in [-0.15, -0.1) is 0 Å². The number of unbranched alkanes of at least 4 members (excludes halogenated alkanes) is 1. The molecule has 0 radical (unpaired) electrons. The first kappa shape index (κ1) is 21.8. The second kappa shape index (κ2) is 10.2. The minimum absolute atomic E-state index is 0.0909. The number of benzene rings is 2. The summed E-state index contributed by atoms with van der Waals surface area (Å²) in [6, 6.07) is 12.7. The molecular formula is C21H20F2N2O4S. The van der Waals surface area contributed by atoms with E-state index in [1.165, 1.54) is 34.9 Å². The predicted molar refractivity (Wildman–Crippen MR) is 110 cm³/mol. The molecule has 6 nitrogen and oxygen atoms in total. The average Bonchev–Trinajstić information content (AvgIpc) is 2.96. The van der Waals surface area contributed by atoms with Gasteiger partial charge in [0.25, 0.3) is 11.8 Å². The summed E-state index contributed by atoms with van der Waals surface area (Å²) in [6.07, 6.45) is 1.35. The normalized spacial score (nSPS) is 13.0. The molecule has 0 bridgehead atoms. The van der Waals surface area contributed by atoms with Crippen LogP contribution in [-0.4, -0.2) is 47.3 Å². The Bertz CT molecular complexity index is 904. The standard InChI is InChI=1S/C21H20F2N2O4S/c22-21(23)29-17-10-4-3-9-16(17)24-18(26)13-30-12-6-5-11-25-19(27)14-7-1-2-8-15(14)20(25)28/h1-4,7-10,21H,5-6,11-13H2,(H,24,26). The van der Waals surface area contributed by atoms with Gasteiger partial charge in [-0.3, -0.25) is 19.3 Å². The molecule has 3 amide bonds. The molecule has 0 aromatic heterocycles. The van der Waals surface area contributed by atoms with Crippen LogP contribution < -0.4 is 10.1 Å². The summed E-state index contributed by atoms with van der Waals surface area (Å²) >= 11 is 1.38. The van der Waals surface area contributed by atoms with Crippen molar-refractivity contribution in [2.24, 2.45) is 0 Å². The van der Waals surface area contributed by atoms with E-state index in [0.29, 0.717) is 29.8 Å². The lowest BCUT2D eigenvalue weighted by atomic mass is 10.1. The number of nitrogens with zero attached hydrogens (tertiary/aromatic N) is 1. The van der Waals surface area contributed by atoms with E-state index >= 15 is 0 Å². The Kier molecular flexibility index (Phi) is 7.40. The Morgan fingerprint density at radius 1 is 1.00 bits per heavy atom. The Labute approximate surface area is 176 Å². The lowest BCUT2D eigenvalue weighted by molar-refractivity contribution is -0.113. The summed E-state index contributed by atoms with van der Waals surface area (Å²) in [7, 11) is 0. The maximum absolute atomic E-state index is 12.4. The minimum atomic E-state index is -2.97. The molecule has 9 heteroatoms. The Morgan fingerprint density at radius 2 is 1.63 bits per heavy atom. The first-order chi connectivity index (χ1) is 14.5. The number of nitrogens with one attached hydrogen (secondary N) is 1. The highest BCUT2D eigenvalue weighted by molar-refractivity contribution is 7.99. The monoisotopic (exact) mass is 434 g/mol. The number of amides is 3. The van der Waals surface area contributed by atoms with Crippen LogP contribution >= 0.6 is 11.8 Å². The highest BCUT2D eigenvalue weighted by Gasteiger charge is 2.34. The van der Waals surface area contributed by atoms with Crippen molar-refractivity contribution < 1.29 is 27.9 Å². The molecule has 1 N–H and O–H groups in total. The summed E-state index contributed by atoms with van der Waals surface area (Å²) < 4.78 is 29.2. The van der Waals surface area contributed by atoms with Crippen molar-refractivity contribution in [3.63, 3.8) is 0 Å². The number of anilines is 1. The number of alkyl halides is 2. The summed E-state index contributed by atoms with van der Waals surface area (Å²) in [4.78, 5) is 37.8. The van der Waals surface area contributed by atoms with Gasteiger partial charge in [-0.2, -0.15) is 20.5 Å². The van der Waals surface area contributed by atoms with E-state index in [-0.39, 0.29) is 34.9 Å². The third-order valence-electron chi connectivity index (χ3n) is 4.41. The number of hydrogen-bond donors (Lipinski definition) is 1. The Morgan fingerprint density at radius 3 is 2.30 bits per heavy atom. The number of ether oxygens (including phenoxy) is 1. The molecule has 30 heavy (non-hydrogen) atoms. The Balaban J connectivity index is 1.36. The molecule has 0 saturated heterocycles. The number of hydrogen-bond acceptors (Lipinski definition) is 5. The van der Waals surface area contributed by atoms with Crippen molar-refractivity contribution in [3.05, 3.63) is 59.7 Å². The fourth-order valence-electron chi connectivity index (χ4n) is 3.04. The van der Waals surface area contributed by atoms with E-state index < -0.39 is 6.61 Å². The van der Waals surface area contributed by atoms with E-state index in [4.69, 9.17) is 0 Å². The van der Waals surface area contributed by atoms with Crippen molar-refractivity contribution in [1.29, 1.82) is 0 Å². The molecule has 0 fully saturated rings. The smallest absolute Gasteiger partial charge is 0.387 e. The minimum Gasteiger partial charge on any atom is -0.433 e. The molecule has 3 rings (SSSR count). The zero-order chi connectivity index (χ0) is 21.5. The van der Waals surface area contributed by atoms with E-state index in [9.17, 15) is 23.2 Å². The second-order valence-electron chi connectivity index (χ2n) is 6.49. The molecule has 158 valence electrons. The van der Waals surface area contributed by atoms with Gasteiger partial charge in [0.2, 0.25) is 5.91 Å². The van der Waals surface area contributed by atoms with Crippen molar-refractivity contribution in [2.75, 3.05) is 23.4 Å². The van der Waals surface area contributed by atoms with Crippen LogP contribution in [0.15, 0.2) is 48.5 Å². The van der Waals surface area contributed by atoms with E-state index in [0.717, 1.165) is 6.42 Å². The van der Waals surface area contributed by atoms with Crippen LogP contribution in [0.4, 0.5) is 14.5 Å². The third kappa shape index (κ3) is 5.35.